The molecular weight excluding hydrogens is 248 g/mol. The number of ether oxygens (including phenoxy) is 1. The van der Waals surface area contributed by atoms with Crippen LogP contribution in [-0.2, 0) is 0 Å². The van der Waals surface area contributed by atoms with E-state index in [2.05, 4.69) is 25.7 Å². The number of alkyl halides is 2. The average Bonchev–Trinajstić information content (AvgIpc) is 2.08. The fourth-order valence-electron chi connectivity index (χ4n) is 0.871. The van der Waals surface area contributed by atoms with Gasteiger partial charge in [0.2, 0.25) is 11.3 Å². The molecule has 0 aromatic carbocycles. The molecule has 0 fully saturated rings. The minimum atomic E-state index is -2.85. The van der Waals surface area contributed by atoms with Crippen molar-refractivity contribution in [1.29, 1.82) is 0 Å². The van der Waals surface area contributed by atoms with Crippen LogP contribution in [0.25, 0.3) is 0 Å². The molecule has 6 heteroatoms. The summed E-state index contributed by atoms with van der Waals surface area (Å²) in [6, 6.07) is 0. The minimum absolute atomic E-state index is 0.0589. The average molecular weight is 254 g/mol. The zero-order valence-corrected chi connectivity index (χ0v) is 8.19. The number of H-pyrrole nitrogens is 1. The molecule has 0 saturated carbocycles. The second-order valence-electron chi connectivity index (χ2n) is 2.21. The summed E-state index contributed by atoms with van der Waals surface area (Å²) in [5, 5.41) is 0. The van der Waals surface area contributed by atoms with Crippen molar-refractivity contribution in [3.8, 4) is 5.88 Å². The highest BCUT2D eigenvalue weighted by Crippen LogP contribution is 2.24. The number of nitrogens with one attached hydrogen (secondary N) is 1. The minimum Gasteiger partial charge on any atom is -0.482 e. The third-order valence-corrected chi connectivity index (χ3v) is 2.05. The summed E-state index contributed by atoms with van der Waals surface area (Å²) in [5.41, 5.74) is -1.41. The van der Waals surface area contributed by atoms with Crippen molar-refractivity contribution in [3.63, 3.8) is 0 Å². The van der Waals surface area contributed by atoms with E-state index in [0.717, 1.165) is 0 Å². The molecular formula is C7H6BrF2NO2. The van der Waals surface area contributed by atoms with E-state index in [1.54, 1.807) is 0 Å². The molecule has 0 saturated heterocycles. The first kappa shape index (κ1) is 10.2. The highest BCUT2D eigenvalue weighted by atomic mass is 79.9. The van der Waals surface area contributed by atoms with Crippen molar-refractivity contribution in [2.24, 2.45) is 0 Å². The van der Waals surface area contributed by atoms with Crippen LogP contribution in [0.1, 0.15) is 12.0 Å². The van der Waals surface area contributed by atoms with Gasteiger partial charge in [-0.2, -0.15) is 0 Å². The SMILES string of the molecule is COc1[nH]cc(Br)c(=O)c1C(F)F. The topological polar surface area (TPSA) is 42.1 Å². The lowest BCUT2D eigenvalue weighted by molar-refractivity contribution is 0.144. The van der Waals surface area contributed by atoms with Crippen molar-refractivity contribution >= 4 is 15.9 Å². The van der Waals surface area contributed by atoms with Gasteiger partial charge in [0.1, 0.15) is 5.56 Å². The van der Waals surface area contributed by atoms with Gasteiger partial charge in [-0.1, -0.05) is 0 Å². The Bertz CT molecular complexity index is 364. The second kappa shape index (κ2) is 3.87. The molecule has 3 nitrogen and oxygen atoms in total. The van der Waals surface area contributed by atoms with E-state index < -0.39 is 17.4 Å². The lowest BCUT2D eigenvalue weighted by Gasteiger charge is -2.06. The van der Waals surface area contributed by atoms with Crippen LogP contribution in [0, 0.1) is 0 Å². The Labute approximate surface area is 80.9 Å². The molecule has 0 bridgehead atoms. The number of hydrogen-bond acceptors (Lipinski definition) is 2. The maximum absolute atomic E-state index is 12.3. The molecule has 0 aliphatic heterocycles. The Morgan fingerprint density at radius 3 is 2.69 bits per heavy atom. The fraction of sp³-hybridized carbons (Fsp3) is 0.286. The Balaban J connectivity index is 3.42. The lowest BCUT2D eigenvalue weighted by Crippen LogP contribution is -2.13. The summed E-state index contributed by atoms with van der Waals surface area (Å²) < 4.78 is 29.3. The predicted octanol–water partition coefficient (Wildman–Crippen LogP) is 2.08. The zero-order valence-electron chi connectivity index (χ0n) is 6.61. The number of aromatic nitrogens is 1. The monoisotopic (exact) mass is 253 g/mol. The molecule has 0 radical (unpaired) electrons. The molecule has 1 rings (SSSR count). The van der Waals surface area contributed by atoms with Crippen molar-refractivity contribution in [2.45, 2.75) is 6.43 Å². The maximum atomic E-state index is 12.3. The summed E-state index contributed by atoms with van der Waals surface area (Å²) in [6.45, 7) is 0. The van der Waals surface area contributed by atoms with Gasteiger partial charge < -0.3 is 9.72 Å². The van der Waals surface area contributed by atoms with Crippen LogP contribution in [0.4, 0.5) is 8.78 Å². The molecule has 0 aliphatic carbocycles. The van der Waals surface area contributed by atoms with E-state index in [9.17, 15) is 13.6 Å². The van der Waals surface area contributed by atoms with Crippen LogP contribution in [-0.4, -0.2) is 12.1 Å². The highest BCUT2D eigenvalue weighted by Gasteiger charge is 2.20. The number of rotatable bonds is 2. The van der Waals surface area contributed by atoms with Crippen LogP contribution in [0.15, 0.2) is 15.5 Å². The van der Waals surface area contributed by atoms with E-state index in [-0.39, 0.29) is 10.4 Å². The molecule has 1 aromatic rings. The van der Waals surface area contributed by atoms with Crippen LogP contribution in [0.3, 0.4) is 0 Å². The summed E-state index contributed by atoms with van der Waals surface area (Å²) >= 11 is 2.85. The van der Waals surface area contributed by atoms with Gasteiger partial charge in [-0.3, -0.25) is 4.79 Å². The number of halogens is 3. The fourth-order valence-corrected chi connectivity index (χ4v) is 1.20. The van der Waals surface area contributed by atoms with Gasteiger partial charge in [0.05, 0.1) is 11.6 Å². The number of aromatic amines is 1. The number of pyridine rings is 1. The van der Waals surface area contributed by atoms with Gasteiger partial charge >= 0.3 is 0 Å². The summed E-state index contributed by atoms with van der Waals surface area (Å²) in [7, 11) is 1.21. The molecule has 0 amide bonds. The first-order chi connectivity index (χ1) is 6.07. The van der Waals surface area contributed by atoms with Crippen molar-refractivity contribution in [3.05, 3.63) is 26.5 Å². The van der Waals surface area contributed by atoms with Crippen molar-refractivity contribution < 1.29 is 13.5 Å². The molecule has 72 valence electrons. The van der Waals surface area contributed by atoms with Gasteiger partial charge in [0, 0.05) is 6.20 Å². The molecule has 1 heterocycles. The molecule has 0 spiro atoms. The molecule has 1 N–H and O–H groups in total. The standard InChI is InChI=1S/C7H6BrF2NO2/c1-13-7-4(6(9)10)5(12)3(8)2-11-7/h2,6H,1H3,(H,11,12). The molecule has 0 aliphatic rings. The van der Waals surface area contributed by atoms with Gasteiger partial charge in [-0.05, 0) is 15.9 Å². The Hall–Kier alpha value is -0.910. The first-order valence-electron chi connectivity index (χ1n) is 3.31. The predicted molar refractivity (Wildman–Crippen MR) is 46.3 cm³/mol. The third-order valence-electron chi connectivity index (χ3n) is 1.46. The van der Waals surface area contributed by atoms with Gasteiger partial charge in [0.25, 0.3) is 6.43 Å². The first-order valence-corrected chi connectivity index (χ1v) is 4.10. The van der Waals surface area contributed by atoms with Crippen molar-refractivity contribution in [1.82, 2.24) is 4.98 Å². The number of hydrogen-bond donors (Lipinski definition) is 1. The quantitative estimate of drug-likeness (QED) is 0.877. The Morgan fingerprint density at radius 2 is 2.23 bits per heavy atom. The van der Waals surface area contributed by atoms with E-state index in [4.69, 9.17) is 0 Å². The highest BCUT2D eigenvalue weighted by molar-refractivity contribution is 9.10. The smallest absolute Gasteiger partial charge is 0.272 e. The van der Waals surface area contributed by atoms with E-state index in [1.807, 2.05) is 0 Å². The number of methoxy groups -OCH3 is 1. The lowest BCUT2D eigenvalue weighted by atomic mass is 10.3. The molecule has 13 heavy (non-hydrogen) atoms. The van der Waals surface area contributed by atoms with Crippen molar-refractivity contribution in [2.75, 3.05) is 7.11 Å². The van der Waals surface area contributed by atoms with Crippen LogP contribution >= 0.6 is 15.9 Å². The zero-order chi connectivity index (χ0) is 10.0. The summed E-state index contributed by atoms with van der Waals surface area (Å²) in [4.78, 5) is 13.6. The van der Waals surface area contributed by atoms with E-state index in [1.165, 1.54) is 13.3 Å². The van der Waals surface area contributed by atoms with Gasteiger partial charge in [0.15, 0.2) is 0 Å². The second-order valence-corrected chi connectivity index (χ2v) is 3.07. The Kier molecular flexibility index (Phi) is 3.02. The van der Waals surface area contributed by atoms with E-state index in [0.29, 0.717) is 0 Å². The summed E-state index contributed by atoms with van der Waals surface area (Å²) in [5.74, 6) is -0.205. The van der Waals surface area contributed by atoms with E-state index >= 15 is 0 Å². The van der Waals surface area contributed by atoms with Gasteiger partial charge in [-0.25, -0.2) is 8.78 Å². The molecule has 1 aromatic heterocycles. The Morgan fingerprint density at radius 1 is 1.62 bits per heavy atom. The molecule has 0 atom stereocenters. The third kappa shape index (κ3) is 1.88. The van der Waals surface area contributed by atoms with Crippen LogP contribution in [0.2, 0.25) is 0 Å². The maximum Gasteiger partial charge on any atom is 0.272 e. The normalized spacial score (nSPS) is 10.5. The van der Waals surface area contributed by atoms with Crippen LogP contribution in [0.5, 0.6) is 5.88 Å². The van der Waals surface area contributed by atoms with Crippen LogP contribution < -0.4 is 10.2 Å². The summed E-state index contributed by atoms with van der Waals surface area (Å²) in [6.07, 6.45) is -1.59. The largest absolute Gasteiger partial charge is 0.482 e. The molecule has 0 unspecified atom stereocenters. The van der Waals surface area contributed by atoms with Gasteiger partial charge in [-0.15, -0.1) is 0 Å².